The van der Waals surface area contributed by atoms with Crippen molar-refractivity contribution in [3.8, 4) is 0 Å². The van der Waals surface area contributed by atoms with Crippen molar-refractivity contribution in [3.05, 3.63) is 35.4 Å². The van der Waals surface area contributed by atoms with Gasteiger partial charge in [0.2, 0.25) is 0 Å². The minimum absolute atomic E-state index is 0.169. The first kappa shape index (κ1) is 17.0. The fraction of sp³-hybridized carbons (Fsp3) is 0.611. The second-order valence-corrected chi connectivity index (χ2v) is 9.75. The number of carbonyl (C=O) groups excluding carboxylic acids is 1. The highest BCUT2D eigenvalue weighted by Gasteiger charge is 2.38. The van der Waals surface area contributed by atoms with E-state index in [0.29, 0.717) is 12.2 Å². The van der Waals surface area contributed by atoms with Crippen LogP contribution in [0.15, 0.2) is 24.3 Å². The van der Waals surface area contributed by atoms with Gasteiger partial charge in [-0.15, -0.1) is 23.5 Å². The minimum Gasteiger partial charge on any atom is -0.297 e. The molecule has 1 aromatic carbocycles. The molecule has 2 rings (SSSR count). The molecule has 1 aliphatic heterocycles. The molecule has 3 heteroatoms. The molecule has 1 heterocycles. The number of ketones is 1. The number of hydrogen-bond acceptors (Lipinski definition) is 3. The van der Waals surface area contributed by atoms with E-state index in [4.69, 9.17) is 0 Å². The van der Waals surface area contributed by atoms with E-state index in [1.165, 1.54) is 12.0 Å². The van der Waals surface area contributed by atoms with Gasteiger partial charge < -0.3 is 0 Å². The minimum atomic E-state index is -0.194. The molecule has 0 aromatic heterocycles. The molecule has 0 atom stereocenters. The number of thioether (sulfide) groups is 2. The summed E-state index contributed by atoms with van der Waals surface area (Å²) in [5, 5.41) is 0. The Kier molecular flexibility index (Phi) is 5.48. The first-order valence-electron chi connectivity index (χ1n) is 7.78. The number of carbonyl (C=O) groups is 1. The summed E-state index contributed by atoms with van der Waals surface area (Å²) >= 11 is 3.72. The van der Waals surface area contributed by atoms with Crippen LogP contribution in [-0.2, 0) is 16.6 Å². The largest absolute Gasteiger partial charge is 0.297 e. The van der Waals surface area contributed by atoms with E-state index in [0.717, 1.165) is 23.5 Å². The average molecular weight is 323 g/mol. The van der Waals surface area contributed by atoms with Crippen LogP contribution in [0.1, 0.15) is 51.7 Å². The summed E-state index contributed by atoms with van der Waals surface area (Å²) in [5.74, 6) is 2.63. The Bertz CT molecular complexity index is 479. The van der Waals surface area contributed by atoms with Gasteiger partial charge in [-0.1, -0.05) is 52.0 Å². The Morgan fingerprint density at radius 1 is 1.14 bits per heavy atom. The Morgan fingerprint density at radius 3 is 2.19 bits per heavy atom. The summed E-state index contributed by atoms with van der Waals surface area (Å²) in [6, 6.07) is 8.59. The molecule has 0 N–H and O–H groups in total. The molecule has 0 unspecified atom stereocenters. The first-order chi connectivity index (χ1) is 9.87. The van der Waals surface area contributed by atoms with Gasteiger partial charge in [0.25, 0.3) is 0 Å². The lowest BCUT2D eigenvalue weighted by molar-refractivity contribution is -0.118. The topological polar surface area (TPSA) is 17.1 Å². The zero-order chi connectivity index (χ0) is 15.5. The Hall–Kier alpha value is -0.410. The fourth-order valence-electron chi connectivity index (χ4n) is 2.58. The molecule has 0 radical (unpaired) electrons. The maximum atomic E-state index is 12.8. The maximum absolute atomic E-state index is 12.8. The summed E-state index contributed by atoms with van der Waals surface area (Å²) in [4.78, 5) is 12.8. The summed E-state index contributed by atoms with van der Waals surface area (Å²) in [6.45, 7) is 8.80. The number of hydrogen-bond donors (Lipinski definition) is 0. The smallest absolute Gasteiger partial charge is 0.163 e. The average Bonchev–Trinajstić information content (AvgIpc) is 2.47. The highest BCUT2D eigenvalue weighted by molar-refractivity contribution is 8.19. The zero-order valence-electron chi connectivity index (χ0n) is 13.6. The number of benzene rings is 1. The van der Waals surface area contributed by atoms with Gasteiger partial charge in [-0.25, -0.2) is 0 Å². The molecule has 0 amide bonds. The number of rotatable bonds is 4. The molecule has 116 valence electrons. The first-order valence-corrected chi connectivity index (χ1v) is 9.75. The van der Waals surface area contributed by atoms with Crippen molar-refractivity contribution in [2.45, 2.75) is 56.5 Å². The van der Waals surface area contributed by atoms with Crippen LogP contribution < -0.4 is 0 Å². The van der Waals surface area contributed by atoms with Crippen LogP contribution in [-0.4, -0.2) is 21.4 Å². The maximum Gasteiger partial charge on any atom is 0.163 e. The van der Waals surface area contributed by atoms with E-state index >= 15 is 0 Å². The van der Waals surface area contributed by atoms with E-state index in [1.54, 1.807) is 0 Å². The second-order valence-electron chi connectivity index (χ2n) is 6.70. The molecule has 0 saturated carbocycles. The highest BCUT2D eigenvalue weighted by atomic mass is 32.2. The Balaban J connectivity index is 2.08. The third-order valence-corrected chi connectivity index (χ3v) is 7.69. The standard InChI is InChI=1S/C18H26OS2/c1-5-18(20-11-6-12-21-18)16(19)13-14-7-9-15(10-8-14)17(2,3)4/h7-10H,5-6,11-13H2,1-4H3. The third-order valence-electron chi connectivity index (χ3n) is 4.03. The van der Waals surface area contributed by atoms with Crippen molar-refractivity contribution in [2.24, 2.45) is 0 Å². The van der Waals surface area contributed by atoms with E-state index in [-0.39, 0.29) is 9.49 Å². The van der Waals surface area contributed by atoms with Gasteiger partial charge in [-0.2, -0.15) is 0 Å². The molecule has 1 nitrogen and oxygen atoms in total. The van der Waals surface area contributed by atoms with Gasteiger partial charge in [-0.3, -0.25) is 4.79 Å². The van der Waals surface area contributed by atoms with Crippen LogP contribution in [0.5, 0.6) is 0 Å². The quantitative estimate of drug-likeness (QED) is 0.770. The van der Waals surface area contributed by atoms with Gasteiger partial charge in [0.15, 0.2) is 5.78 Å². The van der Waals surface area contributed by atoms with E-state index in [2.05, 4.69) is 52.0 Å². The van der Waals surface area contributed by atoms with Crippen LogP contribution in [0.3, 0.4) is 0 Å². The SMILES string of the molecule is CCC1(C(=O)Cc2ccc(C(C)(C)C)cc2)SCCCS1. The summed E-state index contributed by atoms with van der Waals surface area (Å²) in [6.07, 6.45) is 2.73. The predicted molar refractivity (Wildman–Crippen MR) is 96.4 cm³/mol. The van der Waals surface area contributed by atoms with Crippen molar-refractivity contribution in [3.63, 3.8) is 0 Å². The molecule has 21 heavy (non-hydrogen) atoms. The molecule has 1 saturated heterocycles. The predicted octanol–water partition coefficient (Wildman–Crippen LogP) is 5.07. The fourth-order valence-corrected chi connectivity index (χ4v) is 5.71. The molecular formula is C18H26OS2. The molecule has 1 fully saturated rings. The van der Waals surface area contributed by atoms with Gasteiger partial charge in [0.05, 0.1) is 0 Å². The van der Waals surface area contributed by atoms with Gasteiger partial charge in [-0.05, 0) is 40.9 Å². The second kappa shape index (κ2) is 6.78. The molecule has 0 bridgehead atoms. The van der Waals surface area contributed by atoms with Crippen molar-refractivity contribution in [1.82, 2.24) is 0 Å². The van der Waals surface area contributed by atoms with Crippen molar-refractivity contribution >= 4 is 29.3 Å². The Labute approximate surface area is 137 Å². The van der Waals surface area contributed by atoms with Crippen molar-refractivity contribution in [2.75, 3.05) is 11.5 Å². The van der Waals surface area contributed by atoms with Crippen molar-refractivity contribution < 1.29 is 4.79 Å². The molecule has 1 aromatic rings. The monoisotopic (exact) mass is 322 g/mol. The van der Waals surface area contributed by atoms with E-state index in [1.807, 2.05) is 23.5 Å². The number of Topliss-reactive ketones (excluding diaryl/α,β-unsaturated/α-hetero) is 1. The van der Waals surface area contributed by atoms with Crippen LogP contribution >= 0.6 is 23.5 Å². The lowest BCUT2D eigenvalue weighted by Crippen LogP contribution is -2.35. The van der Waals surface area contributed by atoms with Crippen LogP contribution in [0, 0.1) is 0 Å². The van der Waals surface area contributed by atoms with Crippen LogP contribution in [0.25, 0.3) is 0 Å². The summed E-state index contributed by atoms with van der Waals surface area (Å²) < 4.78 is -0.194. The molecule has 0 aliphatic carbocycles. The normalized spacial score (nSPS) is 18.5. The zero-order valence-corrected chi connectivity index (χ0v) is 15.2. The summed E-state index contributed by atoms with van der Waals surface area (Å²) in [7, 11) is 0. The lowest BCUT2D eigenvalue weighted by atomic mass is 9.86. The van der Waals surface area contributed by atoms with Crippen molar-refractivity contribution in [1.29, 1.82) is 0 Å². The van der Waals surface area contributed by atoms with E-state index < -0.39 is 0 Å². The summed E-state index contributed by atoms with van der Waals surface area (Å²) in [5.41, 5.74) is 2.64. The van der Waals surface area contributed by atoms with Crippen LogP contribution in [0.4, 0.5) is 0 Å². The lowest BCUT2D eigenvalue weighted by Gasteiger charge is -2.33. The Morgan fingerprint density at radius 2 is 1.71 bits per heavy atom. The van der Waals surface area contributed by atoms with Gasteiger partial charge >= 0.3 is 0 Å². The van der Waals surface area contributed by atoms with Gasteiger partial charge in [0, 0.05) is 6.42 Å². The molecule has 1 aliphatic rings. The van der Waals surface area contributed by atoms with Crippen LogP contribution in [0.2, 0.25) is 0 Å². The van der Waals surface area contributed by atoms with Gasteiger partial charge in [0.1, 0.15) is 4.08 Å². The van der Waals surface area contributed by atoms with E-state index in [9.17, 15) is 4.79 Å². The molecule has 0 spiro atoms. The third kappa shape index (κ3) is 4.07. The molecular weight excluding hydrogens is 296 g/mol. The highest BCUT2D eigenvalue weighted by Crippen LogP contribution is 2.45.